The number of hydrogen-bond donors (Lipinski definition) is 1. The maximum Gasteiger partial charge on any atom is 0.319 e. The highest BCUT2D eigenvalue weighted by atomic mass is 16.5. The molecular weight excluding hydrogens is 244 g/mol. The van der Waals surface area contributed by atoms with E-state index >= 15 is 0 Å². The lowest BCUT2D eigenvalue weighted by Crippen LogP contribution is -2.45. The monoisotopic (exact) mass is 266 g/mol. The molecule has 0 spiro atoms. The van der Waals surface area contributed by atoms with Crippen molar-refractivity contribution in [2.24, 2.45) is 11.3 Å². The molecule has 1 aliphatic carbocycles. The van der Waals surface area contributed by atoms with Crippen LogP contribution in [0.25, 0.3) is 0 Å². The molecule has 2 aliphatic rings. The normalized spacial score (nSPS) is 34.8. The molecule has 0 aromatic carbocycles. The fourth-order valence-electron chi connectivity index (χ4n) is 3.16. The first kappa shape index (κ1) is 14.0. The standard InChI is InChI=1S/C15H22O4/c1-8-6-7-11-12(19-8)9(2)10(3)13(16)15(11,4)14(17)18-5/h8,11,16H,6-7H2,1-5H3. The van der Waals surface area contributed by atoms with Crippen molar-refractivity contribution in [2.75, 3.05) is 7.11 Å². The van der Waals surface area contributed by atoms with E-state index in [9.17, 15) is 9.90 Å². The van der Waals surface area contributed by atoms with Crippen molar-refractivity contribution in [3.63, 3.8) is 0 Å². The Morgan fingerprint density at radius 1 is 1.37 bits per heavy atom. The number of esters is 1. The highest BCUT2D eigenvalue weighted by Gasteiger charge is 2.53. The summed E-state index contributed by atoms with van der Waals surface area (Å²) in [5, 5.41) is 10.5. The highest BCUT2D eigenvalue weighted by Crippen LogP contribution is 2.51. The van der Waals surface area contributed by atoms with Gasteiger partial charge in [0.1, 0.15) is 16.9 Å². The van der Waals surface area contributed by atoms with Crippen LogP contribution >= 0.6 is 0 Å². The van der Waals surface area contributed by atoms with Crippen LogP contribution in [0.4, 0.5) is 0 Å². The number of rotatable bonds is 1. The van der Waals surface area contributed by atoms with E-state index < -0.39 is 11.4 Å². The largest absolute Gasteiger partial charge is 0.511 e. The third-order valence-electron chi connectivity index (χ3n) is 4.59. The second-order valence-electron chi connectivity index (χ2n) is 5.72. The Hall–Kier alpha value is -1.45. The summed E-state index contributed by atoms with van der Waals surface area (Å²) in [6, 6.07) is 0. The van der Waals surface area contributed by atoms with Gasteiger partial charge in [-0.3, -0.25) is 4.79 Å². The lowest BCUT2D eigenvalue weighted by Gasteiger charge is -2.44. The fraction of sp³-hybridized carbons (Fsp3) is 0.667. The predicted molar refractivity (Wildman–Crippen MR) is 71.4 cm³/mol. The molecule has 0 bridgehead atoms. The third-order valence-corrected chi connectivity index (χ3v) is 4.59. The molecule has 3 unspecified atom stereocenters. The number of fused-ring (bicyclic) bond motifs is 1. The molecule has 0 aromatic rings. The summed E-state index contributed by atoms with van der Waals surface area (Å²) in [6.45, 7) is 7.52. The van der Waals surface area contributed by atoms with Gasteiger partial charge in [-0.2, -0.15) is 0 Å². The van der Waals surface area contributed by atoms with Gasteiger partial charge in [-0.15, -0.1) is 0 Å². The molecule has 2 rings (SSSR count). The summed E-state index contributed by atoms with van der Waals surface area (Å²) < 4.78 is 10.8. The van der Waals surface area contributed by atoms with Crippen molar-refractivity contribution in [2.45, 2.75) is 46.6 Å². The summed E-state index contributed by atoms with van der Waals surface area (Å²) in [4.78, 5) is 12.2. The lowest BCUT2D eigenvalue weighted by atomic mass is 9.65. The fourth-order valence-corrected chi connectivity index (χ4v) is 3.16. The number of allylic oxidation sites excluding steroid dienone is 3. The van der Waals surface area contributed by atoms with E-state index in [2.05, 4.69) is 0 Å². The summed E-state index contributed by atoms with van der Waals surface area (Å²) >= 11 is 0. The van der Waals surface area contributed by atoms with Gasteiger partial charge in [0.25, 0.3) is 0 Å². The third kappa shape index (κ3) is 1.85. The van der Waals surface area contributed by atoms with E-state index in [1.54, 1.807) is 6.92 Å². The van der Waals surface area contributed by atoms with Crippen LogP contribution in [-0.2, 0) is 14.3 Å². The summed E-state index contributed by atoms with van der Waals surface area (Å²) in [5.41, 5.74) is 0.622. The molecule has 4 heteroatoms. The molecule has 0 radical (unpaired) electrons. The maximum atomic E-state index is 12.2. The van der Waals surface area contributed by atoms with Crippen LogP contribution in [-0.4, -0.2) is 24.3 Å². The zero-order valence-electron chi connectivity index (χ0n) is 12.2. The van der Waals surface area contributed by atoms with Crippen molar-refractivity contribution in [3.8, 4) is 0 Å². The van der Waals surface area contributed by atoms with E-state index in [-0.39, 0.29) is 17.8 Å². The Kier molecular flexibility index (Phi) is 3.37. The predicted octanol–water partition coefficient (Wildman–Crippen LogP) is 3.10. The average Bonchev–Trinajstić information content (AvgIpc) is 2.41. The van der Waals surface area contributed by atoms with Crippen LogP contribution in [0.15, 0.2) is 22.7 Å². The molecule has 1 N–H and O–H groups in total. The van der Waals surface area contributed by atoms with Crippen LogP contribution in [0.1, 0.15) is 40.5 Å². The number of aliphatic hydroxyl groups excluding tert-OH is 1. The van der Waals surface area contributed by atoms with Gasteiger partial charge in [-0.05, 0) is 51.7 Å². The zero-order chi connectivity index (χ0) is 14.4. The number of aliphatic hydroxyl groups is 1. The van der Waals surface area contributed by atoms with Crippen molar-refractivity contribution < 1.29 is 19.4 Å². The average molecular weight is 266 g/mol. The molecule has 0 saturated carbocycles. The summed E-state index contributed by atoms with van der Waals surface area (Å²) in [5.74, 6) is 0.406. The van der Waals surface area contributed by atoms with Crippen LogP contribution in [0, 0.1) is 11.3 Å². The summed E-state index contributed by atoms with van der Waals surface area (Å²) in [7, 11) is 1.35. The Balaban J connectivity index is 2.57. The minimum Gasteiger partial charge on any atom is -0.511 e. The number of methoxy groups -OCH3 is 1. The second-order valence-corrected chi connectivity index (χ2v) is 5.72. The van der Waals surface area contributed by atoms with Crippen LogP contribution in [0.2, 0.25) is 0 Å². The zero-order valence-corrected chi connectivity index (χ0v) is 12.2. The van der Waals surface area contributed by atoms with E-state index in [1.807, 2.05) is 20.8 Å². The van der Waals surface area contributed by atoms with Crippen molar-refractivity contribution >= 4 is 5.97 Å². The van der Waals surface area contributed by atoms with Gasteiger partial charge in [-0.25, -0.2) is 0 Å². The number of ether oxygens (including phenoxy) is 2. The maximum absolute atomic E-state index is 12.2. The molecular formula is C15H22O4. The lowest BCUT2D eigenvalue weighted by molar-refractivity contribution is -0.156. The SMILES string of the molecule is COC(=O)C1(C)C(O)=C(C)C(C)=C2OC(C)CCC21. The smallest absolute Gasteiger partial charge is 0.319 e. The van der Waals surface area contributed by atoms with Gasteiger partial charge in [-0.1, -0.05) is 0 Å². The van der Waals surface area contributed by atoms with Crippen molar-refractivity contribution in [3.05, 3.63) is 22.7 Å². The van der Waals surface area contributed by atoms with Crippen molar-refractivity contribution in [1.82, 2.24) is 0 Å². The topological polar surface area (TPSA) is 55.8 Å². The Morgan fingerprint density at radius 2 is 2.00 bits per heavy atom. The molecule has 3 atom stereocenters. The molecule has 1 aliphatic heterocycles. The minimum atomic E-state index is -1.03. The molecule has 0 amide bonds. The molecule has 1 fully saturated rings. The van der Waals surface area contributed by atoms with Gasteiger partial charge in [0.05, 0.1) is 13.2 Å². The van der Waals surface area contributed by atoms with E-state index in [0.29, 0.717) is 5.57 Å². The number of hydrogen-bond acceptors (Lipinski definition) is 4. The second kappa shape index (κ2) is 4.58. The Bertz CT molecular complexity index is 475. The van der Waals surface area contributed by atoms with Gasteiger partial charge >= 0.3 is 5.97 Å². The van der Waals surface area contributed by atoms with E-state index in [0.717, 1.165) is 24.2 Å². The molecule has 106 valence electrons. The van der Waals surface area contributed by atoms with Crippen molar-refractivity contribution in [1.29, 1.82) is 0 Å². The highest BCUT2D eigenvalue weighted by molar-refractivity contribution is 5.81. The quantitative estimate of drug-likeness (QED) is 0.741. The number of carbonyl (C=O) groups excluding carboxylic acids is 1. The molecule has 0 aromatic heterocycles. The van der Waals surface area contributed by atoms with Crippen LogP contribution in [0.5, 0.6) is 0 Å². The molecule has 4 nitrogen and oxygen atoms in total. The number of carbonyl (C=O) groups is 1. The Labute approximate surface area is 114 Å². The molecule has 1 heterocycles. The van der Waals surface area contributed by atoms with Crippen LogP contribution in [0.3, 0.4) is 0 Å². The van der Waals surface area contributed by atoms with Gasteiger partial charge in [0.2, 0.25) is 0 Å². The minimum absolute atomic E-state index is 0.115. The van der Waals surface area contributed by atoms with E-state index in [4.69, 9.17) is 9.47 Å². The van der Waals surface area contributed by atoms with Crippen LogP contribution < -0.4 is 0 Å². The first-order valence-corrected chi connectivity index (χ1v) is 6.70. The molecule has 1 saturated heterocycles. The summed E-state index contributed by atoms with van der Waals surface area (Å²) in [6.07, 6.45) is 1.84. The Morgan fingerprint density at radius 3 is 2.58 bits per heavy atom. The van der Waals surface area contributed by atoms with Gasteiger partial charge < -0.3 is 14.6 Å². The van der Waals surface area contributed by atoms with E-state index in [1.165, 1.54) is 7.11 Å². The van der Waals surface area contributed by atoms with Gasteiger partial charge in [0.15, 0.2) is 0 Å². The van der Waals surface area contributed by atoms with Gasteiger partial charge in [0, 0.05) is 5.92 Å². The first-order chi connectivity index (χ1) is 8.83. The molecule has 19 heavy (non-hydrogen) atoms. The first-order valence-electron chi connectivity index (χ1n) is 6.70.